The molecule has 5 amide bonds. The molecule has 38 heavy (non-hydrogen) atoms. The highest BCUT2D eigenvalue weighted by Crippen LogP contribution is 2.16. The quantitative estimate of drug-likeness (QED) is 0.309. The average molecular weight is 540 g/mol. The predicted octanol–water partition coefficient (Wildman–Crippen LogP) is 0.145. The molecule has 1 saturated heterocycles. The maximum atomic E-state index is 13.1. The third-order valence-corrected chi connectivity index (χ3v) is 6.45. The number of hydrogen-bond donors (Lipinski definition) is 5. The van der Waals surface area contributed by atoms with E-state index in [0.29, 0.717) is 12.8 Å². The molecule has 0 radical (unpaired) electrons. The van der Waals surface area contributed by atoms with Crippen LogP contribution in [0.5, 0.6) is 0 Å². The molecule has 0 aliphatic carbocycles. The first-order valence-corrected chi connectivity index (χ1v) is 13.3. The highest BCUT2D eigenvalue weighted by Gasteiger charge is 2.32. The number of esters is 1. The van der Waals surface area contributed by atoms with Crippen molar-refractivity contribution in [1.82, 2.24) is 26.6 Å². The molecule has 0 bridgehead atoms. The molecule has 1 aliphatic rings. The monoisotopic (exact) mass is 539 g/mol. The average Bonchev–Trinajstić information content (AvgIpc) is 2.83. The van der Waals surface area contributed by atoms with Crippen LogP contribution in [0.25, 0.3) is 0 Å². The van der Waals surface area contributed by atoms with Gasteiger partial charge in [-0.2, -0.15) is 0 Å². The van der Waals surface area contributed by atoms with Crippen LogP contribution in [0, 0.1) is 17.8 Å². The van der Waals surface area contributed by atoms with Gasteiger partial charge in [0.15, 0.2) is 0 Å². The van der Waals surface area contributed by atoms with Crippen molar-refractivity contribution in [3.05, 3.63) is 0 Å². The molecule has 6 unspecified atom stereocenters. The van der Waals surface area contributed by atoms with Gasteiger partial charge in [-0.25, -0.2) is 4.79 Å². The Bertz CT molecular complexity index is 876. The molecule has 1 rings (SSSR count). The molecule has 5 N–H and O–H groups in total. The van der Waals surface area contributed by atoms with Crippen LogP contribution in [0.4, 0.5) is 0 Å². The molecule has 0 saturated carbocycles. The first kappa shape index (κ1) is 32.8. The molecule has 0 aromatic carbocycles. The van der Waals surface area contributed by atoms with Gasteiger partial charge >= 0.3 is 5.97 Å². The maximum Gasteiger partial charge on any atom is 0.328 e. The standard InChI is InChI=1S/C26H45N5O7/c1-9-15(6)19-11-20(32)27-12-21(33)31-22(14(4)5)25(36)30-18(10-13(2)3)24(35)28-16(7)23(34)29-17(8)26(37)38-19/h13-19,22H,9-12H2,1-8H3,(H,27,32)(H,28,35)(H,29,34)(H,30,36)(H,31,33). The van der Waals surface area contributed by atoms with Gasteiger partial charge in [0.25, 0.3) is 0 Å². The second kappa shape index (κ2) is 15.3. The highest BCUT2D eigenvalue weighted by atomic mass is 16.5. The summed E-state index contributed by atoms with van der Waals surface area (Å²) in [5.41, 5.74) is 0. The number of carbonyl (C=O) groups excluding carboxylic acids is 6. The number of carbonyl (C=O) groups is 6. The minimum atomic E-state index is -1.04. The normalized spacial score (nSPS) is 28.1. The van der Waals surface area contributed by atoms with E-state index in [4.69, 9.17) is 4.74 Å². The fourth-order valence-corrected chi connectivity index (χ4v) is 3.81. The molecule has 0 aromatic heterocycles. The second-order valence-electron chi connectivity index (χ2n) is 10.8. The number of cyclic esters (lactones) is 1. The van der Waals surface area contributed by atoms with E-state index < -0.39 is 65.8 Å². The van der Waals surface area contributed by atoms with Gasteiger partial charge in [0.2, 0.25) is 29.5 Å². The van der Waals surface area contributed by atoms with E-state index in [1.165, 1.54) is 13.8 Å². The number of hydrogen-bond acceptors (Lipinski definition) is 7. The lowest BCUT2D eigenvalue weighted by Crippen LogP contribution is -2.58. The molecule has 1 heterocycles. The summed E-state index contributed by atoms with van der Waals surface area (Å²) in [4.78, 5) is 76.7. The molecule has 0 aromatic rings. The number of nitrogens with one attached hydrogen (secondary N) is 5. The molecular weight excluding hydrogens is 494 g/mol. The number of ether oxygens (including phenoxy) is 1. The summed E-state index contributed by atoms with van der Waals surface area (Å²) in [6.45, 7) is 13.5. The van der Waals surface area contributed by atoms with Crippen LogP contribution in [-0.4, -0.2) is 72.3 Å². The third-order valence-electron chi connectivity index (χ3n) is 6.45. The van der Waals surface area contributed by atoms with Crippen LogP contribution in [0.15, 0.2) is 0 Å². The van der Waals surface area contributed by atoms with Crippen molar-refractivity contribution in [2.45, 2.75) is 105 Å². The fourth-order valence-electron chi connectivity index (χ4n) is 3.81. The lowest BCUT2D eigenvalue weighted by Gasteiger charge is -2.27. The van der Waals surface area contributed by atoms with Crippen LogP contribution in [-0.2, 0) is 33.5 Å². The van der Waals surface area contributed by atoms with Crippen molar-refractivity contribution in [2.75, 3.05) is 6.54 Å². The Kier molecular flexibility index (Phi) is 13.2. The van der Waals surface area contributed by atoms with E-state index in [1.807, 2.05) is 27.7 Å². The van der Waals surface area contributed by atoms with Gasteiger partial charge in [0.1, 0.15) is 30.3 Å². The van der Waals surface area contributed by atoms with Crippen LogP contribution >= 0.6 is 0 Å². The Balaban J connectivity index is 3.28. The van der Waals surface area contributed by atoms with Crippen LogP contribution in [0.3, 0.4) is 0 Å². The Morgan fingerprint density at radius 3 is 1.95 bits per heavy atom. The van der Waals surface area contributed by atoms with E-state index in [9.17, 15) is 28.8 Å². The van der Waals surface area contributed by atoms with Gasteiger partial charge in [-0.05, 0) is 38.0 Å². The van der Waals surface area contributed by atoms with Gasteiger partial charge in [-0.1, -0.05) is 48.0 Å². The van der Waals surface area contributed by atoms with E-state index >= 15 is 0 Å². The Labute approximate surface area is 225 Å². The summed E-state index contributed by atoms with van der Waals surface area (Å²) in [7, 11) is 0. The van der Waals surface area contributed by atoms with E-state index in [1.54, 1.807) is 13.8 Å². The number of rotatable bonds is 5. The lowest BCUT2D eigenvalue weighted by molar-refractivity contribution is -0.156. The van der Waals surface area contributed by atoms with Crippen LogP contribution < -0.4 is 26.6 Å². The predicted molar refractivity (Wildman–Crippen MR) is 140 cm³/mol. The van der Waals surface area contributed by atoms with Crippen molar-refractivity contribution >= 4 is 35.5 Å². The smallest absolute Gasteiger partial charge is 0.328 e. The SMILES string of the molecule is CCC(C)C1CC(=O)NCC(=O)NC(C(C)C)C(=O)NC(CC(C)C)C(=O)NC(C)C(=O)NC(C)C(=O)O1. The zero-order chi connectivity index (χ0) is 29.2. The molecule has 1 aliphatic heterocycles. The Hall–Kier alpha value is -3.18. The maximum absolute atomic E-state index is 13.1. The zero-order valence-electron chi connectivity index (χ0n) is 23.8. The topological polar surface area (TPSA) is 172 Å². The summed E-state index contributed by atoms with van der Waals surface area (Å²) < 4.78 is 5.55. The molecule has 12 heteroatoms. The highest BCUT2D eigenvalue weighted by molar-refractivity contribution is 5.95. The van der Waals surface area contributed by atoms with Crippen molar-refractivity contribution in [2.24, 2.45) is 17.8 Å². The van der Waals surface area contributed by atoms with E-state index in [-0.39, 0.29) is 30.7 Å². The molecule has 0 spiro atoms. The zero-order valence-corrected chi connectivity index (χ0v) is 23.8. The third kappa shape index (κ3) is 10.7. The lowest BCUT2D eigenvalue weighted by atomic mass is 9.98. The Morgan fingerprint density at radius 2 is 1.39 bits per heavy atom. The van der Waals surface area contributed by atoms with E-state index in [0.717, 1.165) is 0 Å². The van der Waals surface area contributed by atoms with Gasteiger partial charge in [0, 0.05) is 0 Å². The first-order chi connectivity index (χ1) is 17.7. The van der Waals surface area contributed by atoms with Crippen molar-refractivity contribution in [1.29, 1.82) is 0 Å². The minimum absolute atomic E-state index is 0.0346. The molecule has 12 nitrogen and oxygen atoms in total. The van der Waals surface area contributed by atoms with Gasteiger partial charge in [-0.3, -0.25) is 24.0 Å². The van der Waals surface area contributed by atoms with Gasteiger partial charge < -0.3 is 31.3 Å². The molecular formula is C26H45N5O7. The Morgan fingerprint density at radius 1 is 0.789 bits per heavy atom. The summed E-state index contributed by atoms with van der Waals surface area (Å²) >= 11 is 0. The van der Waals surface area contributed by atoms with Crippen LogP contribution in [0.1, 0.15) is 74.7 Å². The first-order valence-electron chi connectivity index (χ1n) is 13.3. The molecule has 216 valence electrons. The molecule has 6 atom stereocenters. The van der Waals surface area contributed by atoms with Crippen molar-refractivity contribution in [3.63, 3.8) is 0 Å². The van der Waals surface area contributed by atoms with Crippen molar-refractivity contribution in [3.8, 4) is 0 Å². The largest absolute Gasteiger partial charge is 0.460 e. The van der Waals surface area contributed by atoms with Gasteiger partial charge in [-0.15, -0.1) is 0 Å². The minimum Gasteiger partial charge on any atom is -0.460 e. The summed E-state index contributed by atoms with van der Waals surface area (Å²) in [5.74, 6) is -3.99. The van der Waals surface area contributed by atoms with Gasteiger partial charge in [0.05, 0.1) is 13.0 Å². The van der Waals surface area contributed by atoms with Crippen LogP contribution in [0.2, 0.25) is 0 Å². The summed E-state index contributed by atoms with van der Waals surface area (Å²) in [5, 5.41) is 12.9. The van der Waals surface area contributed by atoms with Crippen molar-refractivity contribution < 1.29 is 33.5 Å². The molecule has 1 fully saturated rings. The second-order valence-corrected chi connectivity index (χ2v) is 10.8. The fraction of sp³-hybridized carbons (Fsp3) is 0.769. The number of amides is 5. The summed E-state index contributed by atoms with van der Waals surface area (Å²) in [6.07, 6.45) is -0.0368. The van der Waals surface area contributed by atoms with E-state index in [2.05, 4.69) is 26.6 Å². The summed E-state index contributed by atoms with van der Waals surface area (Å²) in [6, 6.07) is -3.97.